The van der Waals surface area contributed by atoms with E-state index in [9.17, 15) is 4.79 Å². The summed E-state index contributed by atoms with van der Waals surface area (Å²) >= 11 is 0. The second-order valence-corrected chi connectivity index (χ2v) is 5.52. The number of carbonyl (C=O) groups is 1. The standard InChI is InChI=1S/C12H24N4O/c1-12(2,3)15-10(17)9-14-11(13)16-7-5-4-6-8-16/h4-9H2,1-3H3,(H2,13,14)(H,15,17). The molecule has 1 aliphatic rings. The van der Waals surface area contributed by atoms with Gasteiger partial charge in [-0.25, -0.2) is 4.99 Å². The number of amides is 1. The minimum absolute atomic E-state index is 0.0857. The summed E-state index contributed by atoms with van der Waals surface area (Å²) in [6.45, 7) is 7.86. The highest BCUT2D eigenvalue weighted by Gasteiger charge is 2.15. The van der Waals surface area contributed by atoms with Gasteiger partial charge in [-0.3, -0.25) is 4.79 Å². The van der Waals surface area contributed by atoms with Gasteiger partial charge in [0.25, 0.3) is 0 Å². The first kappa shape index (κ1) is 13.8. The highest BCUT2D eigenvalue weighted by molar-refractivity contribution is 5.84. The van der Waals surface area contributed by atoms with Crippen LogP contribution in [0.15, 0.2) is 4.99 Å². The van der Waals surface area contributed by atoms with Gasteiger partial charge < -0.3 is 16.0 Å². The van der Waals surface area contributed by atoms with Crippen LogP contribution in [-0.2, 0) is 4.79 Å². The van der Waals surface area contributed by atoms with Crippen LogP contribution in [0.5, 0.6) is 0 Å². The van der Waals surface area contributed by atoms with Crippen molar-refractivity contribution in [3.05, 3.63) is 0 Å². The summed E-state index contributed by atoms with van der Waals surface area (Å²) in [6.07, 6.45) is 3.57. The number of likely N-dealkylation sites (tertiary alicyclic amines) is 1. The Morgan fingerprint density at radius 1 is 1.29 bits per heavy atom. The zero-order valence-electron chi connectivity index (χ0n) is 11.1. The van der Waals surface area contributed by atoms with Crippen molar-refractivity contribution in [2.45, 2.75) is 45.6 Å². The Hall–Kier alpha value is -1.26. The molecule has 17 heavy (non-hydrogen) atoms. The van der Waals surface area contributed by atoms with Crippen LogP contribution < -0.4 is 11.1 Å². The quantitative estimate of drug-likeness (QED) is 0.551. The van der Waals surface area contributed by atoms with Gasteiger partial charge in [0.05, 0.1) is 0 Å². The van der Waals surface area contributed by atoms with Crippen molar-refractivity contribution in [3.8, 4) is 0 Å². The van der Waals surface area contributed by atoms with Crippen molar-refractivity contribution in [1.29, 1.82) is 0 Å². The van der Waals surface area contributed by atoms with Crippen LogP contribution in [0.4, 0.5) is 0 Å². The van der Waals surface area contributed by atoms with E-state index in [1.807, 2.05) is 25.7 Å². The number of hydrogen-bond acceptors (Lipinski definition) is 2. The molecule has 0 aromatic heterocycles. The van der Waals surface area contributed by atoms with Crippen LogP contribution in [0.1, 0.15) is 40.0 Å². The summed E-state index contributed by atoms with van der Waals surface area (Å²) in [6, 6.07) is 0. The molecule has 1 saturated heterocycles. The van der Waals surface area contributed by atoms with E-state index in [0.29, 0.717) is 5.96 Å². The van der Waals surface area contributed by atoms with E-state index in [-0.39, 0.29) is 18.0 Å². The molecule has 0 spiro atoms. The average molecular weight is 240 g/mol. The SMILES string of the molecule is CC(C)(C)NC(=O)CN=C(N)N1CCCCC1. The third-order valence-corrected chi connectivity index (χ3v) is 2.58. The monoisotopic (exact) mass is 240 g/mol. The molecule has 0 aromatic carbocycles. The molecule has 5 heteroatoms. The smallest absolute Gasteiger partial charge is 0.242 e. The number of nitrogens with two attached hydrogens (primary N) is 1. The van der Waals surface area contributed by atoms with Crippen molar-refractivity contribution in [2.75, 3.05) is 19.6 Å². The number of aliphatic imine (C=N–C) groups is 1. The summed E-state index contributed by atoms with van der Waals surface area (Å²) in [5, 5.41) is 2.86. The normalized spacial score (nSPS) is 18.1. The average Bonchev–Trinajstić information content (AvgIpc) is 2.25. The predicted octanol–water partition coefficient (Wildman–Crippen LogP) is 0.702. The van der Waals surface area contributed by atoms with Gasteiger partial charge in [-0.15, -0.1) is 0 Å². The first-order valence-electron chi connectivity index (χ1n) is 6.24. The number of nitrogens with one attached hydrogen (secondary N) is 1. The lowest BCUT2D eigenvalue weighted by Gasteiger charge is -2.27. The molecule has 1 heterocycles. The highest BCUT2D eigenvalue weighted by atomic mass is 16.2. The largest absolute Gasteiger partial charge is 0.370 e. The number of nitrogens with zero attached hydrogens (tertiary/aromatic N) is 2. The number of hydrogen-bond donors (Lipinski definition) is 2. The Morgan fingerprint density at radius 2 is 1.88 bits per heavy atom. The van der Waals surface area contributed by atoms with Crippen molar-refractivity contribution in [2.24, 2.45) is 10.7 Å². The maximum Gasteiger partial charge on any atom is 0.242 e. The minimum Gasteiger partial charge on any atom is -0.370 e. The fourth-order valence-electron chi connectivity index (χ4n) is 1.83. The summed E-state index contributed by atoms with van der Waals surface area (Å²) in [5.74, 6) is 0.409. The van der Waals surface area contributed by atoms with Gasteiger partial charge in [0.15, 0.2) is 5.96 Å². The summed E-state index contributed by atoms with van der Waals surface area (Å²) in [4.78, 5) is 17.7. The Labute approximate surface area is 103 Å². The van der Waals surface area contributed by atoms with Gasteiger partial charge in [0, 0.05) is 18.6 Å². The predicted molar refractivity (Wildman–Crippen MR) is 69.8 cm³/mol. The van der Waals surface area contributed by atoms with Gasteiger partial charge in [0.1, 0.15) is 6.54 Å². The third kappa shape index (κ3) is 5.56. The van der Waals surface area contributed by atoms with Gasteiger partial charge in [0.2, 0.25) is 5.91 Å². The first-order valence-corrected chi connectivity index (χ1v) is 6.24. The van der Waals surface area contributed by atoms with Crippen LogP contribution in [0, 0.1) is 0 Å². The molecule has 3 N–H and O–H groups in total. The van der Waals surface area contributed by atoms with Crippen molar-refractivity contribution in [3.63, 3.8) is 0 Å². The summed E-state index contributed by atoms with van der Waals surface area (Å²) in [7, 11) is 0. The fraction of sp³-hybridized carbons (Fsp3) is 0.833. The molecule has 1 aliphatic heterocycles. The maximum absolute atomic E-state index is 11.6. The summed E-state index contributed by atoms with van der Waals surface area (Å²) in [5.41, 5.74) is 5.64. The van der Waals surface area contributed by atoms with Crippen LogP contribution in [0.2, 0.25) is 0 Å². The minimum atomic E-state index is -0.216. The van der Waals surface area contributed by atoms with E-state index in [0.717, 1.165) is 25.9 Å². The Morgan fingerprint density at radius 3 is 2.41 bits per heavy atom. The van der Waals surface area contributed by atoms with Crippen molar-refractivity contribution >= 4 is 11.9 Å². The lowest BCUT2D eigenvalue weighted by atomic mass is 10.1. The molecular formula is C12H24N4O. The lowest BCUT2D eigenvalue weighted by molar-refractivity contribution is -0.121. The zero-order chi connectivity index (χ0) is 12.9. The number of guanidine groups is 1. The lowest BCUT2D eigenvalue weighted by Crippen LogP contribution is -2.44. The molecule has 0 bridgehead atoms. The van der Waals surface area contributed by atoms with E-state index < -0.39 is 0 Å². The molecule has 0 radical (unpaired) electrons. The molecule has 1 amide bonds. The zero-order valence-corrected chi connectivity index (χ0v) is 11.1. The Bertz CT molecular complexity index is 287. The van der Waals surface area contributed by atoms with Gasteiger partial charge in [-0.05, 0) is 40.0 Å². The third-order valence-electron chi connectivity index (χ3n) is 2.58. The molecule has 0 aromatic rings. The fourth-order valence-corrected chi connectivity index (χ4v) is 1.83. The van der Waals surface area contributed by atoms with E-state index >= 15 is 0 Å². The molecule has 0 unspecified atom stereocenters. The van der Waals surface area contributed by atoms with E-state index in [4.69, 9.17) is 5.73 Å². The Balaban J connectivity index is 2.38. The van der Waals surface area contributed by atoms with Crippen LogP contribution in [-0.4, -0.2) is 41.9 Å². The van der Waals surface area contributed by atoms with E-state index in [1.54, 1.807) is 0 Å². The molecule has 1 fully saturated rings. The molecule has 5 nitrogen and oxygen atoms in total. The van der Waals surface area contributed by atoms with Gasteiger partial charge >= 0.3 is 0 Å². The molecular weight excluding hydrogens is 216 g/mol. The van der Waals surface area contributed by atoms with Gasteiger partial charge in [-0.2, -0.15) is 0 Å². The topological polar surface area (TPSA) is 70.7 Å². The molecule has 0 saturated carbocycles. The molecule has 0 aliphatic carbocycles. The van der Waals surface area contributed by atoms with Crippen LogP contribution >= 0.6 is 0 Å². The number of rotatable bonds is 2. The van der Waals surface area contributed by atoms with Crippen LogP contribution in [0.3, 0.4) is 0 Å². The van der Waals surface area contributed by atoms with E-state index in [2.05, 4.69) is 10.3 Å². The van der Waals surface area contributed by atoms with E-state index in [1.165, 1.54) is 6.42 Å². The molecule has 0 atom stereocenters. The van der Waals surface area contributed by atoms with Crippen molar-refractivity contribution in [1.82, 2.24) is 10.2 Å². The highest BCUT2D eigenvalue weighted by Crippen LogP contribution is 2.07. The first-order chi connectivity index (χ1) is 7.88. The molecule has 98 valence electrons. The molecule has 1 rings (SSSR count). The second-order valence-electron chi connectivity index (χ2n) is 5.52. The number of carbonyl (C=O) groups excluding carboxylic acids is 1. The maximum atomic E-state index is 11.6. The Kier molecular flexibility index (Phi) is 4.78. The van der Waals surface area contributed by atoms with Gasteiger partial charge in [-0.1, -0.05) is 0 Å². The van der Waals surface area contributed by atoms with Crippen LogP contribution in [0.25, 0.3) is 0 Å². The number of piperidine rings is 1. The second kappa shape index (κ2) is 5.89. The summed E-state index contributed by atoms with van der Waals surface area (Å²) < 4.78 is 0. The van der Waals surface area contributed by atoms with Crippen molar-refractivity contribution < 1.29 is 4.79 Å².